The number of rotatable bonds is 2. The molecule has 1 aromatic carbocycles. The van der Waals surface area contributed by atoms with Crippen LogP contribution in [0.2, 0.25) is 0 Å². The van der Waals surface area contributed by atoms with E-state index >= 15 is 0 Å². The Morgan fingerprint density at radius 3 is 2.39 bits per heavy atom. The number of carbonyl (C=O) groups excluding carboxylic acids is 1. The van der Waals surface area contributed by atoms with Crippen LogP contribution in [0, 0.1) is 17.0 Å². The van der Waals surface area contributed by atoms with Crippen LogP contribution < -0.4 is 5.32 Å². The van der Waals surface area contributed by atoms with Crippen LogP contribution in [0.1, 0.15) is 30.6 Å². The van der Waals surface area contributed by atoms with Gasteiger partial charge in [-0.1, -0.05) is 19.9 Å². The molecule has 0 heterocycles. The topological polar surface area (TPSA) is 49.3 Å². The number of aliphatic hydroxyl groups is 1. The van der Waals surface area contributed by atoms with Crippen molar-refractivity contribution in [2.45, 2.75) is 32.4 Å². The van der Waals surface area contributed by atoms with E-state index in [9.17, 15) is 18.7 Å². The summed E-state index contributed by atoms with van der Waals surface area (Å²) >= 11 is 0. The summed E-state index contributed by atoms with van der Waals surface area (Å²) in [4.78, 5) is 11.8. The van der Waals surface area contributed by atoms with Gasteiger partial charge in [0.15, 0.2) is 0 Å². The molecule has 2 atom stereocenters. The predicted molar refractivity (Wildman–Crippen MR) is 62.0 cm³/mol. The van der Waals surface area contributed by atoms with Gasteiger partial charge in [0, 0.05) is 11.5 Å². The molecule has 0 aliphatic heterocycles. The highest BCUT2D eigenvalue weighted by molar-refractivity contribution is 5.95. The standard InChI is InChI=1S/C13H15F2NO2/c1-13(2)9(6-10(13)17)16-12(18)11-7(14)4-3-5-8(11)15/h3-5,9-10,17H,6H2,1-2H3,(H,16,18). The summed E-state index contributed by atoms with van der Waals surface area (Å²) in [6, 6.07) is 3.01. The number of carbonyl (C=O) groups is 1. The quantitative estimate of drug-likeness (QED) is 0.847. The smallest absolute Gasteiger partial charge is 0.257 e. The second-order valence-electron chi connectivity index (χ2n) is 5.20. The summed E-state index contributed by atoms with van der Waals surface area (Å²) in [6.07, 6.45) is -0.109. The van der Waals surface area contributed by atoms with Gasteiger partial charge in [-0.05, 0) is 18.6 Å². The maximum absolute atomic E-state index is 13.4. The van der Waals surface area contributed by atoms with Gasteiger partial charge in [0.05, 0.1) is 6.10 Å². The molecular formula is C13H15F2NO2. The van der Waals surface area contributed by atoms with Crippen molar-refractivity contribution in [1.82, 2.24) is 5.32 Å². The van der Waals surface area contributed by atoms with Gasteiger partial charge in [0.25, 0.3) is 5.91 Å². The van der Waals surface area contributed by atoms with Crippen LogP contribution in [0.4, 0.5) is 8.78 Å². The first-order valence-corrected chi connectivity index (χ1v) is 5.77. The predicted octanol–water partition coefficient (Wildman–Crippen LogP) is 1.85. The first kappa shape index (κ1) is 13.0. The summed E-state index contributed by atoms with van der Waals surface area (Å²) in [5.74, 6) is -2.55. The Balaban J connectivity index is 2.14. The lowest BCUT2D eigenvalue weighted by molar-refractivity contribution is -0.0690. The fraction of sp³-hybridized carbons (Fsp3) is 0.462. The van der Waals surface area contributed by atoms with Crippen molar-refractivity contribution in [3.63, 3.8) is 0 Å². The summed E-state index contributed by atoms with van der Waals surface area (Å²) in [5.41, 5.74) is -1.05. The highest BCUT2D eigenvalue weighted by atomic mass is 19.1. The molecule has 2 rings (SSSR count). The van der Waals surface area contributed by atoms with Crippen LogP contribution in [0.3, 0.4) is 0 Å². The SMILES string of the molecule is CC1(C)C(O)CC1NC(=O)c1c(F)cccc1F. The van der Waals surface area contributed by atoms with Gasteiger partial charge in [-0.25, -0.2) is 8.78 Å². The zero-order chi connectivity index (χ0) is 13.5. The number of hydrogen-bond donors (Lipinski definition) is 2. The molecule has 0 aromatic heterocycles. The third kappa shape index (κ3) is 1.99. The molecule has 1 aliphatic rings. The molecule has 1 aliphatic carbocycles. The average molecular weight is 255 g/mol. The fourth-order valence-corrected chi connectivity index (χ4v) is 2.09. The van der Waals surface area contributed by atoms with Crippen LogP contribution in [-0.2, 0) is 0 Å². The number of benzene rings is 1. The van der Waals surface area contributed by atoms with Crippen molar-refractivity contribution in [3.05, 3.63) is 35.4 Å². The van der Waals surface area contributed by atoms with Crippen LogP contribution in [0.15, 0.2) is 18.2 Å². The Morgan fingerprint density at radius 2 is 1.94 bits per heavy atom. The zero-order valence-electron chi connectivity index (χ0n) is 10.2. The van der Waals surface area contributed by atoms with E-state index in [4.69, 9.17) is 0 Å². The number of halogens is 2. The van der Waals surface area contributed by atoms with Crippen molar-refractivity contribution in [1.29, 1.82) is 0 Å². The monoisotopic (exact) mass is 255 g/mol. The van der Waals surface area contributed by atoms with E-state index in [2.05, 4.69) is 5.32 Å². The maximum atomic E-state index is 13.4. The van der Waals surface area contributed by atoms with Gasteiger partial charge >= 0.3 is 0 Å². The number of aliphatic hydroxyl groups excluding tert-OH is 1. The van der Waals surface area contributed by atoms with E-state index < -0.39 is 34.6 Å². The van der Waals surface area contributed by atoms with Crippen LogP contribution in [0.25, 0.3) is 0 Å². The molecular weight excluding hydrogens is 240 g/mol. The summed E-state index contributed by atoms with van der Waals surface area (Å²) in [6.45, 7) is 3.59. The van der Waals surface area contributed by atoms with Crippen molar-refractivity contribution < 1.29 is 18.7 Å². The van der Waals surface area contributed by atoms with Crippen molar-refractivity contribution in [2.75, 3.05) is 0 Å². The second kappa shape index (κ2) is 4.31. The highest BCUT2D eigenvalue weighted by Gasteiger charge is 2.48. The van der Waals surface area contributed by atoms with Crippen molar-refractivity contribution in [3.8, 4) is 0 Å². The number of amides is 1. The summed E-state index contributed by atoms with van der Waals surface area (Å²) < 4.78 is 26.8. The van der Waals surface area contributed by atoms with E-state index in [0.717, 1.165) is 12.1 Å². The van der Waals surface area contributed by atoms with Crippen molar-refractivity contribution >= 4 is 5.91 Å². The Kier molecular flexibility index (Phi) is 3.11. The molecule has 0 radical (unpaired) electrons. The molecule has 1 amide bonds. The minimum Gasteiger partial charge on any atom is -0.392 e. The largest absolute Gasteiger partial charge is 0.392 e. The van der Waals surface area contributed by atoms with Gasteiger partial charge in [-0.3, -0.25) is 4.79 Å². The Morgan fingerprint density at radius 1 is 1.39 bits per heavy atom. The molecule has 2 N–H and O–H groups in total. The summed E-state index contributed by atoms with van der Waals surface area (Å²) in [7, 11) is 0. The molecule has 1 saturated carbocycles. The Bertz CT molecular complexity index is 468. The maximum Gasteiger partial charge on any atom is 0.257 e. The minimum absolute atomic E-state index is 0.279. The van der Waals surface area contributed by atoms with Crippen molar-refractivity contribution in [2.24, 2.45) is 5.41 Å². The lowest BCUT2D eigenvalue weighted by Gasteiger charge is -2.49. The molecule has 1 fully saturated rings. The summed E-state index contributed by atoms with van der Waals surface area (Å²) in [5, 5.41) is 12.1. The van der Waals surface area contributed by atoms with Gasteiger partial charge in [-0.2, -0.15) is 0 Å². The molecule has 1 aromatic rings. The van der Waals surface area contributed by atoms with Gasteiger partial charge < -0.3 is 10.4 Å². The van der Waals surface area contributed by atoms with Gasteiger partial charge in [0.2, 0.25) is 0 Å². The van der Waals surface area contributed by atoms with Crippen LogP contribution in [-0.4, -0.2) is 23.2 Å². The molecule has 0 bridgehead atoms. The van der Waals surface area contributed by atoms with E-state index in [0.29, 0.717) is 6.42 Å². The molecule has 5 heteroatoms. The second-order valence-corrected chi connectivity index (χ2v) is 5.20. The van der Waals surface area contributed by atoms with E-state index in [1.165, 1.54) is 6.07 Å². The first-order chi connectivity index (χ1) is 8.34. The molecule has 18 heavy (non-hydrogen) atoms. The zero-order valence-corrected chi connectivity index (χ0v) is 10.2. The molecule has 98 valence electrons. The Hall–Kier alpha value is -1.49. The fourth-order valence-electron chi connectivity index (χ4n) is 2.09. The van der Waals surface area contributed by atoms with Gasteiger partial charge in [0.1, 0.15) is 17.2 Å². The molecule has 0 saturated heterocycles. The van der Waals surface area contributed by atoms with Crippen LogP contribution in [0.5, 0.6) is 0 Å². The average Bonchev–Trinajstić information content (AvgIpc) is 2.28. The highest BCUT2D eigenvalue weighted by Crippen LogP contribution is 2.40. The van der Waals surface area contributed by atoms with E-state index in [1.54, 1.807) is 13.8 Å². The molecule has 2 unspecified atom stereocenters. The van der Waals surface area contributed by atoms with Gasteiger partial charge in [-0.15, -0.1) is 0 Å². The number of hydrogen-bond acceptors (Lipinski definition) is 2. The van der Waals surface area contributed by atoms with E-state index in [-0.39, 0.29) is 6.04 Å². The van der Waals surface area contributed by atoms with E-state index in [1.807, 2.05) is 0 Å². The van der Waals surface area contributed by atoms with Crippen LogP contribution >= 0.6 is 0 Å². The molecule has 0 spiro atoms. The number of nitrogens with one attached hydrogen (secondary N) is 1. The lowest BCUT2D eigenvalue weighted by Crippen LogP contribution is -2.61. The Labute approximate surface area is 104 Å². The third-order valence-corrected chi connectivity index (χ3v) is 3.71. The first-order valence-electron chi connectivity index (χ1n) is 5.77. The third-order valence-electron chi connectivity index (χ3n) is 3.71. The normalized spacial score (nSPS) is 25.4. The lowest BCUT2D eigenvalue weighted by atomic mass is 9.64. The molecule has 3 nitrogen and oxygen atoms in total. The minimum atomic E-state index is -0.884.